The quantitative estimate of drug-likeness (QED) is 0.553. The number of nitrogens with zero attached hydrogens (tertiary/aromatic N) is 1. The molecule has 0 fully saturated rings. The van der Waals surface area contributed by atoms with Crippen molar-refractivity contribution in [2.45, 2.75) is 37.2 Å². The van der Waals surface area contributed by atoms with Gasteiger partial charge >= 0.3 is 5.97 Å². The molecule has 3 aromatic rings. The fourth-order valence-electron chi connectivity index (χ4n) is 4.19. The molecule has 0 saturated carbocycles. The summed E-state index contributed by atoms with van der Waals surface area (Å²) in [6.07, 6.45) is 1.66. The van der Waals surface area contributed by atoms with Crippen LogP contribution < -0.4 is 0 Å². The molecule has 0 saturated heterocycles. The first-order valence-corrected chi connectivity index (χ1v) is 12.0. The lowest BCUT2D eigenvalue weighted by Crippen LogP contribution is -2.42. The molecule has 5 nitrogen and oxygen atoms in total. The lowest BCUT2D eigenvalue weighted by molar-refractivity contribution is -0.133. The Morgan fingerprint density at radius 1 is 0.939 bits per heavy atom. The molecule has 1 aliphatic rings. The van der Waals surface area contributed by atoms with Crippen molar-refractivity contribution < 1.29 is 22.7 Å². The number of carboxylic acids is 1. The molecule has 170 valence electrons. The standard InChI is InChI=1S/C26H24FNO4S/c1-17-7-11-19(12-8-17)24-16-15-22(26(29)30)25(21-5-3-4-6-23(21)27)28(24)33(31,32)20-13-9-18(2)10-14-20/h3-15,24-25H,16H2,1-2H3,(H,29,30)/t24-,25-/m0/s1. The van der Waals surface area contributed by atoms with Crippen LogP contribution in [0, 0.1) is 19.7 Å². The summed E-state index contributed by atoms with van der Waals surface area (Å²) >= 11 is 0. The Morgan fingerprint density at radius 3 is 2.09 bits per heavy atom. The molecule has 1 N–H and O–H groups in total. The number of carbonyl (C=O) groups is 1. The van der Waals surface area contributed by atoms with E-state index in [1.54, 1.807) is 18.2 Å². The minimum atomic E-state index is -4.20. The Bertz CT molecular complexity index is 1320. The van der Waals surface area contributed by atoms with Crippen LogP contribution in [0.5, 0.6) is 0 Å². The van der Waals surface area contributed by atoms with Gasteiger partial charge in [-0.25, -0.2) is 17.6 Å². The number of rotatable bonds is 5. The molecule has 0 spiro atoms. The average Bonchev–Trinajstić information content (AvgIpc) is 2.79. The number of hydrogen-bond acceptors (Lipinski definition) is 3. The van der Waals surface area contributed by atoms with Crippen LogP contribution in [0.3, 0.4) is 0 Å². The van der Waals surface area contributed by atoms with Gasteiger partial charge in [0.25, 0.3) is 0 Å². The van der Waals surface area contributed by atoms with Gasteiger partial charge in [-0.1, -0.05) is 71.8 Å². The zero-order valence-corrected chi connectivity index (χ0v) is 19.1. The van der Waals surface area contributed by atoms with Crippen LogP contribution in [0.4, 0.5) is 4.39 Å². The summed E-state index contributed by atoms with van der Waals surface area (Å²) in [7, 11) is -4.20. The lowest BCUT2D eigenvalue weighted by Gasteiger charge is -2.40. The molecule has 7 heteroatoms. The molecule has 4 rings (SSSR count). The van der Waals surface area contributed by atoms with E-state index in [1.165, 1.54) is 36.4 Å². The number of carboxylic acid groups (broad SMARTS) is 1. The molecule has 0 bridgehead atoms. The number of aryl methyl sites for hydroxylation is 2. The van der Waals surface area contributed by atoms with Crippen molar-refractivity contribution in [2.24, 2.45) is 0 Å². The zero-order valence-electron chi connectivity index (χ0n) is 18.3. The zero-order chi connectivity index (χ0) is 23.8. The fourth-order valence-corrected chi connectivity index (χ4v) is 5.96. The summed E-state index contributed by atoms with van der Waals surface area (Å²) < 4.78 is 44.1. The third-order valence-corrected chi connectivity index (χ3v) is 7.81. The van der Waals surface area contributed by atoms with Gasteiger partial charge < -0.3 is 5.11 Å². The third kappa shape index (κ3) is 4.34. The van der Waals surface area contributed by atoms with Crippen molar-refractivity contribution in [1.29, 1.82) is 0 Å². The second-order valence-electron chi connectivity index (χ2n) is 8.20. The van der Waals surface area contributed by atoms with E-state index in [0.717, 1.165) is 15.4 Å². The summed E-state index contributed by atoms with van der Waals surface area (Å²) in [4.78, 5) is 12.2. The summed E-state index contributed by atoms with van der Waals surface area (Å²) in [5.41, 5.74) is 2.44. The molecule has 0 unspecified atom stereocenters. The second-order valence-corrected chi connectivity index (χ2v) is 10.0. The van der Waals surface area contributed by atoms with E-state index < -0.39 is 33.9 Å². The molecule has 0 amide bonds. The van der Waals surface area contributed by atoms with Gasteiger partial charge in [-0.05, 0) is 44.0 Å². The van der Waals surface area contributed by atoms with Crippen LogP contribution in [0.15, 0.2) is 89.3 Å². The number of hydrogen-bond donors (Lipinski definition) is 1. The third-order valence-electron chi connectivity index (χ3n) is 5.92. The van der Waals surface area contributed by atoms with Gasteiger partial charge in [-0.3, -0.25) is 0 Å². The Morgan fingerprint density at radius 2 is 1.52 bits per heavy atom. The highest BCUT2D eigenvalue weighted by molar-refractivity contribution is 7.89. The Kier molecular flexibility index (Phi) is 6.19. The van der Waals surface area contributed by atoms with Gasteiger partial charge in [-0.15, -0.1) is 0 Å². The predicted octanol–water partition coefficient (Wildman–Crippen LogP) is 5.33. The first-order chi connectivity index (χ1) is 15.7. The van der Waals surface area contributed by atoms with Gasteiger partial charge in [0.2, 0.25) is 10.0 Å². The van der Waals surface area contributed by atoms with Gasteiger partial charge in [0, 0.05) is 5.56 Å². The molecule has 0 aliphatic carbocycles. The highest BCUT2D eigenvalue weighted by Gasteiger charge is 2.45. The second kappa shape index (κ2) is 8.92. The normalized spacial score (nSPS) is 19.2. The monoisotopic (exact) mass is 465 g/mol. The van der Waals surface area contributed by atoms with E-state index in [-0.39, 0.29) is 22.5 Å². The average molecular weight is 466 g/mol. The minimum Gasteiger partial charge on any atom is -0.478 e. The van der Waals surface area contributed by atoms with Crippen molar-refractivity contribution in [3.05, 3.63) is 113 Å². The molecule has 1 heterocycles. The Balaban J connectivity index is 1.99. The SMILES string of the molecule is Cc1ccc([C@@H]2CC=C(C(=O)O)[C@H](c3ccccc3F)N2S(=O)(=O)c2ccc(C)cc2)cc1. The first kappa shape index (κ1) is 22.9. The van der Waals surface area contributed by atoms with E-state index in [9.17, 15) is 22.7 Å². The molecule has 1 aliphatic heterocycles. The van der Waals surface area contributed by atoms with E-state index in [1.807, 2.05) is 38.1 Å². The van der Waals surface area contributed by atoms with Crippen LogP contribution in [0.1, 0.15) is 40.8 Å². The van der Waals surface area contributed by atoms with Crippen LogP contribution in [0.2, 0.25) is 0 Å². The van der Waals surface area contributed by atoms with Crippen LogP contribution in [-0.4, -0.2) is 23.8 Å². The van der Waals surface area contributed by atoms with Crippen LogP contribution >= 0.6 is 0 Å². The smallest absolute Gasteiger partial charge is 0.333 e. The summed E-state index contributed by atoms with van der Waals surface area (Å²) in [6, 6.07) is 17.4. The lowest BCUT2D eigenvalue weighted by atomic mass is 9.89. The summed E-state index contributed by atoms with van der Waals surface area (Å²) in [6.45, 7) is 3.77. The first-order valence-electron chi connectivity index (χ1n) is 10.5. The number of aliphatic carboxylic acids is 1. The highest BCUT2D eigenvalue weighted by atomic mass is 32.2. The van der Waals surface area contributed by atoms with Gasteiger partial charge in [-0.2, -0.15) is 4.31 Å². The van der Waals surface area contributed by atoms with Crippen molar-refractivity contribution in [3.8, 4) is 0 Å². The summed E-state index contributed by atoms with van der Waals surface area (Å²) in [5, 5.41) is 9.93. The van der Waals surface area contributed by atoms with Crippen molar-refractivity contribution in [2.75, 3.05) is 0 Å². The Labute approximate surface area is 192 Å². The number of benzene rings is 3. The summed E-state index contributed by atoms with van der Waals surface area (Å²) in [5.74, 6) is -1.95. The molecule has 33 heavy (non-hydrogen) atoms. The van der Waals surface area contributed by atoms with E-state index in [2.05, 4.69) is 0 Å². The van der Waals surface area contributed by atoms with E-state index in [0.29, 0.717) is 5.56 Å². The minimum absolute atomic E-state index is 0.00125. The predicted molar refractivity (Wildman–Crippen MR) is 124 cm³/mol. The van der Waals surface area contributed by atoms with Crippen LogP contribution in [-0.2, 0) is 14.8 Å². The highest BCUT2D eigenvalue weighted by Crippen LogP contribution is 2.46. The number of halogens is 1. The number of sulfonamides is 1. The topological polar surface area (TPSA) is 74.7 Å². The maximum Gasteiger partial charge on any atom is 0.333 e. The largest absolute Gasteiger partial charge is 0.478 e. The Hall–Kier alpha value is -3.29. The van der Waals surface area contributed by atoms with Gasteiger partial charge in [0.15, 0.2) is 0 Å². The fraction of sp³-hybridized carbons (Fsp3) is 0.192. The maximum absolute atomic E-state index is 15.0. The van der Waals surface area contributed by atoms with Crippen molar-refractivity contribution in [1.82, 2.24) is 4.31 Å². The molecule has 0 radical (unpaired) electrons. The van der Waals surface area contributed by atoms with E-state index in [4.69, 9.17) is 0 Å². The maximum atomic E-state index is 15.0. The molecule has 3 aromatic carbocycles. The molecular weight excluding hydrogens is 441 g/mol. The molecular formula is C26H24FNO4S. The molecule has 2 atom stereocenters. The molecule has 0 aromatic heterocycles. The van der Waals surface area contributed by atoms with Gasteiger partial charge in [0.1, 0.15) is 5.82 Å². The van der Waals surface area contributed by atoms with Gasteiger partial charge in [0.05, 0.1) is 22.6 Å². The van der Waals surface area contributed by atoms with Crippen molar-refractivity contribution >= 4 is 16.0 Å². The van der Waals surface area contributed by atoms with E-state index >= 15 is 0 Å². The van der Waals surface area contributed by atoms with Crippen molar-refractivity contribution in [3.63, 3.8) is 0 Å². The van der Waals surface area contributed by atoms with Crippen LogP contribution in [0.25, 0.3) is 0 Å².